The minimum Gasteiger partial charge on any atom is -0.192 e. The summed E-state index contributed by atoms with van der Waals surface area (Å²) in [6.45, 7) is 2.10. The van der Waals surface area contributed by atoms with Crippen molar-refractivity contribution in [3.05, 3.63) is 32.2 Å². The monoisotopic (exact) mass is 299 g/mol. The number of aryl methyl sites for hydroxylation is 1. The molecule has 0 unspecified atom stereocenters. The summed E-state index contributed by atoms with van der Waals surface area (Å²) in [5.74, 6) is 0. The predicted molar refractivity (Wildman–Crippen MR) is 64.0 cm³/mol. The lowest BCUT2D eigenvalue weighted by Crippen LogP contribution is -1.80. The van der Waals surface area contributed by atoms with Gasteiger partial charge >= 0.3 is 0 Å². The van der Waals surface area contributed by atoms with Gasteiger partial charge in [0.2, 0.25) is 0 Å². The first-order valence-electron chi connectivity index (χ1n) is 3.80. The molecule has 0 aliphatic rings. The van der Waals surface area contributed by atoms with Crippen molar-refractivity contribution in [1.82, 2.24) is 0 Å². The zero-order chi connectivity index (χ0) is 9.42. The van der Waals surface area contributed by atoms with E-state index >= 15 is 0 Å². The van der Waals surface area contributed by atoms with Crippen molar-refractivity contribution in [3.63, 3.8) is 0 Å². The van der Waals surface area contributed by atoms with Gasteiger partial charge in [-0.2, -0.15) is 5.26 Å². The average molecular weight is 299 g/mol. The standard InChI is InChI=1S/C10H6INS/c1-6-5-13-10-2-7(4-12)9(11)3-8(6)10/h2-3,5H,1H3. The maximum atomic E-state index is 8.83. The van der Waals surface area contributed by atoms with Crippen molar-refractivity contribution in [3.8, 4) is 6.07 Å². The van der Waals surface area contributed by atoms with Gasteiger partial charge in [-0.15, -0.1) is 11.3 Å². The normalized spacial score (nSPS) is 10.2. The summed E-state index contributed by atoms with van der Waals surface area (Å²) in [7, 11) is 0. The van der Waals surface area contributed by atoms with E-state index in [0.717, 1.165) is 9.13 Å². The van der Waals surface area contributed by atoms with Gasteiger partial charge in [0.1, 0.15) is 6.07 Å². The maximum absolute atomic E-state index is 8.83. The lowest BCUT2D eigenvalue weighted by atomic mass is 10.1. The third kappa shape index (κ3) is 1.45. The topological polar surface area (TPSA) is 23.8 Å². The number of halogens is 1. The molecule has 0 N–H and O–H groups in total. The molecule has 0 atom stereocenters. The molecule has 1 nitrogen and oxygen atoms in total. The van der Waals surface area contributed by atoms with Gasteiger partial charge < -0.3 is 0 Å². The highest BCUT2D eigenvalue weighted by molar-refractivity contribution is 14.1. The number of nitriles is 1. The molecule has 0 bridgehead atoms. The van der Waals surface area contributed by atoms with Crippen LogP contribution in [-0.2, 0) is 0 Å². The van der Waals surface area contributed by atoms with Crippen LogP contribution in [0.1, 0.15) is 11.1 Å². The smallest absolute Gasteiger partial charge is 0.100 e. The second-order valence-corrected chi connectivity index (χ2v) is 4.93. The van der Waals surface area contributed by atoms with Crippen LogP contribution in [0.2, 0.25) is 0 Å². The van der Waals surface area contributed by atoms with Crippen LogP contribution >= 0.6 is 33.9 Å². The Bertz CT molecular complexity index is 507. The highest BCUT2D eigenvalue weighted by Gasteiger charge is 2.04. The molecule has 1 aromatic heterocycles. The molecule has 0 radical (unpaired) electrons. The third-order valence-corrected chi connectivity index (χ3v) is 3.93. The van der Waals surface area contributed by atoms with E-state index < -0.39 is 0 Å². The number of rotatable bonds is 0. The zero-order valence-corrected chi connectivity index (χ0v) is 9.94. The van der Waals surface area contributed by atoms with Crippen LogP contribution in [0.15, 0.2) is 17.5 Å². The first-order chi connectivity index (χ1) is 6.22. The van der Waals surface area contributed by atoms with Crippen LogP contribution in [0.5, 0.6) is 0 Å². The fourth-order valence-corrected chi connectivity index (χ4v) is 2.81. The Morgan fingerprint density at radius 1 is 1.46 bits per heavy atom. The molecule has 0 saturated heterocycles. The van der Waals surface area contributed by atoms with Gasteiger partial charge in [-0.1, -0.05) is 0 Å². The Hall–Kier alpha value is -0.600. The molecule has 0 aliphatic carbocycles. The molecule has 64 valence electrons. The van der Waals surface area contributed by atoms with E-state index in [2.05, 4.69) is 47.0 Å². The van der Waals surface area contributed by atoms with Crippen molar-refractivity contribution in [1.29, 1.82) is 5.26 Å². The van der Waals surface area contributed by atoms with Crippen LogP contribution in [0.25, 0.3) is 10.1 Å². The summed E-state index contributed by atoms with van der Waals surface area (Å²) in [6, 6.07) is 6.25. The minimum atomic E-state index is 0.773. The quantitative estimate of drug-likeness (QED) is 0.681. The molecule has 3 heteroatoms. The van der Waals surface area contributed by atoms with Gasteiger partial charge in [0, 0.05) is 8.27 Å². The Kier molecular flexibility index (Phi) is 2.26. The SMILES string of the molecule is Cc1csc2cc(C#N)c(I)cc12. The molecule has 13 heavy (non-hydrogen) atoms. The first-order valence-corrected chi connectivity index (χ1v) is 5.75. The molecular weight excluding hydrogens is 293 g/mol. The largest absolute Gasteiger partial charge is 0.192 e. The van der Waals surface area contributed by atoms with Gasteiger partial charge in [-0.05, 0) is 58.0 Å². The Labute approximate surface area is 94.1 Å². The Morgan fingerprint density at radius 3 is 2.92 bits per heavy atom. The Balaban J connectivity index is 2.85. The molecule has 2 aromatic rings. The van der Waals surface area contributed by atoms with E-state index in [0.29, 0.717) is 0 Å². The maximum Gasteiger partial charge on any atom is 0.100 e. The lowest BCUT2D eigenvalue weighted by Gasteiger charge is -1.96. The highest BCUT2D eigenvalue weighted by Crippen LogP contribution is 2.28. The fraction of sp³-hybridized carbons (Fsp3) is 0.100. The summed E-state index contributed by atoms with van der Waals surface area (Å²) >= 11 is 3.90. The molecule has 2 rings (SSSR count). The summed E-state index contributed by atoms with van der Waals surface area (Å²) in [5.41, 5.74) is 2.07. The van der Waals surface area contributed by atoms with Gasteiger partial charge in [0.15, 0.2) is 0 Å². The first kappa shape index (κ1) is 8.97. The molecule has 0 fully saturated rings. The molecule has 0 amide bonds. The van der Waals surface area contributed by atoms with Crippen molar-refractivity contribution >= 4 is 44.0 Å². The van der Waals surface area contributed by atoms with Crippen LogP contribution in [0, 0.1) is 21.8 Å². The number of nitrogens with zero attached hydrogens (tertiary/aromatic N) is 1. The number of thiophene rings is 1. The van der Waals surface area contributed by atoms with Crippen molar-refractivity contribution in [2.24, 2.45) is 0 Å². The van der Waals surface area contributed by atoms with Crippen LogP contribution < -0.4 is 0 Å². The minimum absolute atomic E-state index is 0.773. The second-order valence-electron chi connectivity index (χ2n) is 2.86. The molecule has 0 saturated carbocycles. The Morgan fingerprint density at radius 2 is 2.23 bits per heavy atom. The van der Waals surface area contributed by atoms with Gasteiger partial charge in [0.25, 0.3) is 0 Å². The molecule has 0 spiro atoms. The number of fused-ring (bicyclic) bond motifs is 1. The summed E-state index contributed by atoms with van der Waals surface area (Å²) < 4.78 is 2.24. The second kappa shape index (κ2) is 3.28. The van der Waals surface area contributed by atoms with Crippen LogP contribution in [-0.4, -0.2) is 0 Å². The van der Waals surface area contributed by atoms with E-state index in [1.807, 2.05) is 6.07 Å². The summed E-state index contributed by atoms with van der Waals surface area (Å²) in [6.07, 6.45) is 0. The molecule has 0 aliphatic heterocycles. The zero-order valence-electron chi connectivity index (χ0n) is 6.97. The van der Waals surface area contributed by atoms with Crippen molar-refractivity contribution in [2.45, 2.75) is 6.92 Å². The number of benzene rings is 1. The van der Waals surface area contributed by atoms with Gasteiger partial charge in [0.05, 0.1) is 5.56 Å². The van der Waals surface area contributed by atoms with Crippen molar-refractivity contribution < 1.29 is 0 Å². The van der Waals surface area contributed by atoms with E-state index in [1.54, 1.807) is 11.3 Å². The van der Waals surface area contributed by atoms with Crippen LogP contribution in [0.4, 0.5) is 0 Å². The fourth-order valence-electron chi connectivity index (χ4n) is 1.26. The lowest BCUT2D eigenvalue weighted by molar-refractivity contribution is 1.48. The van der Waals surface area contributed by atoms with Gasteiger partial charge in [-0.25, -0.2) is 0 Å². The summed E-state index contributed by atoms with van der Waals surface area (Å²) in [4.78, 5) is 0. The van der Waals surface area contributed by atoms with E-state index in [4.69, 9.17) is 5.26 Å². The van der Waals surface area contributed by atoms with Gasteiger partial charge in [-0.3, -0.25) is 0 Å². The summed E-state index contributed by atoms with van der Waals surface area (Å²) in [5, 5.41) is 12.2. The average Bonchev–Trinajstić information content (AvgIpc) is 2.47. The van der Waals surface area contributed by atoms with Crippen molar-refractivity contribution in [2.75, 3.05) is 0 Å². The number of hydrogen-bond acceptors (Lipinski definition) is 2. The van der Waals surface area contributed by atoms with E-state index in [1.165, 1.54) is 15.6 Å². The van der Waals surface area contributed by atoms with E-state index in [-0.39, 0.29) is 0 Å². The van der Waals surface area contributed by atoms with E-state index in [9.17, 15) is 0 Å². The predicted octanol–water partition coefficient (Wildman–Crippen LogP) is 3.69. The van der Waals surface area contributed by atoms with Crippen LogP contribution in [0.3, 0.4) is 0 Å². The molecule has 1 aromatic carbocycles. The molecule has 1 heterocycles. The third-order valence-electron chi connectivity index (χ3n) is 1.98. The number of hydrogen-bond donors (Lipinski definition) is 0. The molecular formula is C10H6INS. The highest BCUT2D eigenvalue weighted by atomic mass is 127.